The molecule has 0 unspecified atom stereocenters. The van der Waals surface area contributed by atoms with E-state index in [2.05, 4.69) is 15.3 Å². The molecular formula is C27H31F2N3O3. The van der Waals surface area contributed by atoms with Crippen LogP contribution in [-0.2, 0) is 11.2 Å². The van der Waals surface area contributed by atoms with E-state index in [-0.39, 0.29) is 30.4 Å². The number of aliphatic hydroxyl groups is 1. The molecule has 1 saturated heterocycles. The highest BCUT2D eigenvalue weighted by molar-refractivity contribution is 5.78. The van der Waals surface area contributed by atoms with Crippen molar-refractivity contribution in [1.82, 2.24) is 15.3 Å². The standard InChI is InChI=1S/C27H31F2N3O3/c1-34-26-11-10-24-27(32-26)18(12-15-31-24)4-6-21-7-9-23(25(35-21)13-16-33)30-14-2-3-19-17-20(28)5-8-22(19)29/h2-3,5,8,10-12,15,17,21,23,25,30,33H,4,6-7,9,13-14,16H2,1H3/t21-,23-,25-/m1/s1. The molecule has 6 nitrogen and oxygen atoms in total. The zero-order valence-electron chi connectivity index (χ0n) is 19.8. The summed E-state index contributed by atoms with van der Waals surface area (Å²) in [5.41, 5.74) is 3.00. The van der Waals surface area contributed by atoms with E-state index >= 15 is 0 Å². The van der Waals surface area contributed by atoms with Crippen molar-refractivity contribution >= 4 is 17.1 Å². The van der Waals surface area contributed by atoms with Gasteiger partial charge in [0.1, 0.15) is 11.6 Å². The number of halogens is 2. The molecule has 1 aromatic carbocycles. The minimum Gasteiger partial charge on any atom is -0.481 e. The number of fused-ring (bicyclic) bond motifs is 1. The van der Waals surface area contributed by atoms with Crippen molar-refractivity contribution in [2.75, 3.05) is 20.3 Å². The molecule has 1 aliphatic heterocycles. The number of nitrogens with zero attached hydrogens (tertiary/aromatic N) is 2. The van der Waals surface area contributed by atoms with E-state index in [9.17, 15) is 13.9 Å². The number of aryl methyl sites for hydroxylation is 1. The van der Waals surface area contributed by atoms with E-state index in [0.717, 1.165) is 54.4 Å². The van der Waals surface area contributed by atoms with Crippen molar-refractivity contribution in [3.63, 3.8) is 0 Å². The van der Waals surface area contributed by atoms with Crippen LogP contribution in [0.2, 0.25) is 0 Å². The minimum absolute atomic E-state index is 0.0403. The van der Waals surface area contributed by atoms with Crippen LogP contribution in [-0.4, -0.2) is 53.6 Å². The van der Waals surface area contributed by atoms with Crippen LogP contribution in [0.25, 0.3) is 17.1 Å². The zero-order chi connectivity index (χ0) is 24.6. The molecule has 0 spiro atoms. The van der Waals surface area contributed by atoms with Crippen LogP contribution in [0.3, 0.4) is 0 Å². The highest BCUT2D eigenvalue weighted by atomic mass is 19.1. The molecule has 0 saturated carbocycles. The van der Waals surface area contributed by atoms with E-state index in [1.54, 1.807) is 31.5 Å². The topological polar surface area (TPSA) is 76.5 Å². The predicted octanol–water partition coefficient (Wildman–Crippen LogP) is 4.45. The molecule has 1 fully saturated rings. The molecule has 0 bridgehead atoms. The third-order valence-corrected chi connectivity index (χ3v) is 6.37. The lowest BCUT2D eigenvalue weighted by Gasteiger charge is -2.37. The van der Waals surface area contributed by atoms with Gasteiger partial charge in [0.25, 0.3) is 0 Å². The molecule has 0 aliphatic carbocycles. The molecule has 2 N–H and O–H groups in total. The maximum Gasteiger partial charge on any atom is 0.213 e. The molecule has 35 heavy (non-hydrogen) atoms. The fraction of sp³-hybridized carbons (Fsp3) is 0.407. The van der Waals surface area contributed by atoms with Crippen LogP contribution in [0.15, 0.2) is 48.7 Å². The molecule has 3 aromatic rings. The van der Waals surface area contributed by atoms with Gasteiger partial charge in [-0.25, -0.2) is 13.8 Å². The number of hydrogen-bond acceptors (Lipinski definition) is 6. The Morgan fingerprint density at radius 2 is 2.06 bits per heavy atom. The first-order valence-electron chi connectivity index (χ1n) is 12.0. The van der Waals surface area contributed by atoms with Gasteiger partial charge in [-0.05, 0) is 68.0 Å². The number of benzene rings is 1. The molecule has 1 aliphatic rings. The van der Waals surface area contributed by atoms with Gasteiger partial charge in [0.05, 0.1) is 30.4 Å². The normalized spacial score (nSPS) is 20.5. The third kappa shape index (κ3) is 6.60. The molecule has 0 radical (unpaired) electrons. The van der Waals surface area contributed by atoms with Crippen molar-refractivity contribution in [1.29, 1.82) is 0 Å². The van der Waals surface area contributed by atoms with Gasteiger partial charge in [0.15, 0.2) is 0 Å². The van der Waals surface area contributed by atoms with Gasteiger partial charge in [-0.1, -0.05) is 12.2 Å². The Morgan fingerprint density at radius 3 is 2.89 bits per heavy atom. The van der Waals surface area contributed by atoms with E-state index in [1.165, 1.54) is 6.07 Å². The maximum atomic E-state index is 13.8. The fourth-order valence-corrected chi connectivity index (χ4v) is 4.54. The molecule has 4 rings (SSSR count). The second-order valence-electron chi connectivity index (χ2n) is 8.70. The second-order valence-corrected chi connectivity index (χ2v) is 8.70. The number of hydrogen-bond donors (Lipinski definition) is 2. The van der Waals surface area contributed by atoms with Crippen molar-refractivity contribution in [3.8, 4) is 5.88 Å². The van der Waals surface area contributed by atoms with Gasteiger partial charge in [-0.2, -0.15) is 0 Å². The highest BCUT2D eigenvalue weighted by Gasteiger charge is 2.30. The molecule has 0 amide bonds. The summed E-state index contributed by atoms with van der Waals surface area (Å²) in [5.74, 6) is -0.365. The Morgan fingerprint density at radius 1 is 1.17 bits per heavy atom. The van der Waals surface area contributed by atoms with Crippen molar-refractivity contribution in [2.45, 2.75) is 50.4 Å². The van der Waals surface area contributed by atoms with E-state index in [1.807, 2.05) is 12.1 Å². The summed E-state index contributed by atoms with van der Waals surface area (Å²) in [4.78, 5) is 8.96. The Balaban J connectivity index is 1.32. The summed E-state index contributed by atoms with van der Waals surface area (Å²) in [6.45, 7) is 0.533. The van der Waals surface area contributed by atoms with E-state index in [0.29, 0.717) is 18.8 Å². The largest absolute Gasteiger partial charge is 0.481 e. The number of ether oxygens (including phenoxy) is 2. The SMILES string of the molecule is COc1ccc2nccc(CC[C@@H]3CC[C@@H](NCC=Cc4cc(F)ccc4F)[C@@H](CCO)O3)c2n1. The molecule has 186 valence electrons. The summed E-state index contributed by atoms with van der Waals surface area (Å²) in [6, 6.07) is 9.17. The van der Waals surface area contributed by atoms with Gasteiger partial charge < -0.3 is 19.9 Å². The average Bonchev–Trinajstić information content (AvgIpc) is 2.88. The highest BCUT2D eigenvalue weighted by Crippen LogP contribution is 2.26. The number of nitrogens with one attached hydrogen (secondary N) is 1. The number of methoxy groups -OCH3 is 1. The van der Waals surface area contributed by atoms with Crippen LogP contribution in [0.5, 0.6) is 5.88 Å². The summed E-state index contributed by atoms with van der Waals surface area (Å²) < 4.78 is 38.7. The van der Waals surface area contributed by atoms with E-state index < -0.39 is 11.6 Å². The number of rotatable bonds is 10. The summed E-state index contributed by atoms with van der Waals surface area (Å²) in [7, 11) is 1.60. The Bertz CT molecular complexity index is 1160. The lowest BCUT2D eigenvalue weighted by Crippen LogP contribution is -2.47. The number of aliphatic hydroxyl groups excluding tert-OH is 1. The van der Waals surface area contributed by atoms with Crippen LogP contribution in [0, 0.1) is 11.6 Å². The monoisotopic (exact) mass is 483 g/mol. The van der Waals surface area contributed by atoms with Crippen molar-refractivity contribution < 1.29 is 23.4 Å². The average molecular weight is 484 g/mol. The second kappa shape index (κ2) is 12.2. The van der Waals surface area contributed by atoms with Crippen LogP contribution in [0.4, 0.5) is 8.78 Å². The summed E-state index contributed by atoms with van der Waals surface area (Å²) in [6.07, 6.45) is 9.07. The summed E-state index contributed by atoms with van der Waals surface area (Å²) in [5, 5.41) is 13.0. The lowest BCUT2D eigenvalue weighted by atomic mass is 9.93. The van der Waals surface area contributed by atoms with Crippen LogP contribution < -0.4 is 10.1 Å². The van der Waals surface area contributed by atoms with Gasteiger partial charge in [0, 0.05) is 37.0 Å². The van der Waals surface area contributed by atoms with Crippen molar-refractivity contribution in [2.24, 2.45) is 0 Å². The Kier molecular flexibility index (Phi) is 8.74. The first kappa shape index (κ1) is 25.2. The lowest BCUT2D eigenvalue weighted by molar-refractivity contribution is -0.0784. The molecule has 3 atom stereocenters. The minimum atomic E-state index is -0.469. The first-order valence-corrected chi connectivity index (χ1v) is 12.0. The predicted molar refractivity (Wildman–Crippen MR) is 131 cm³/mol. The van der Waals surface area contributed by atoms with Gasteiger partial charge in [-0.15, -0.1) is 0 Å². The first-order chi connectivity index (χ1) is 17.1. The number of aromatic nitrogens is 2. The fourth-order valence-electron chi connectivity index (χ4n) is 4.54. The van der Waals surface area contributed by atoms with E-state index in [4.69, 9.17) is 9.47 Å². The molecule has 3 heterocycles. The van der Waals surface area contributed by atoms with Gasteiger partial charge in [0.2, 0.25) is 5.88 Å². The Labute approximate surface area is 204 Å². The van der Waals surface area contributed by atoms with Crippen molar-refractivity contribution in [3.05, 3.63) is 71.4 Å². The quantitative estimate of drug-likeness (QED) is 0.444. The van der Waals surface area contributed by atoms with Crippen LogP contribution in [0.1, 0.15) is 36.8 Å². The molecule has 2 aromatic heterocycles. The maximum absolute atomic E-state index is 13.8. The smallest absolute Gasteiger partial charge is 0.213 e. The Hall–Kier alpha value is -2.94. The van der Waals surface area contributed by atoms with Gasteiger partial charge in [-0.3, -0.25) is 4.98 Å². The third-order valence-electron chi connectivity index (χ3n) is 6.37. The van der Waals surface area contributed by atoms with Gasteiger partial charge >= 0.3 is 0 Å². The molecular weight excluding hydrogens is 452 g/mol. The molecule has 8 heteroatoms. The number of pyridine rings is 2. The zero-order valence-corrected chi connectivity index (χ0v) is 19.8. The summed E-state index contributed by atoms with van der Waals surface area (Å²) >= 11 is 0. The van der Waals surface area contributed by atoms with Crippen LogP contribution >= 0.6 is 0 Å².